The second-order valence-corrected chi connectivity index (χ2v) is 4.40. The van der Waals surface area contributed by atoms with Crippen molar-refractivity contribution in [3.05, 3.63) is 42.2 Å². The van der Waals surface area contributed by atoms with Crippen molar-refractivity contribution in [3.63, 3.8) is 0 Å². The minimum Gasteiger partial charge on any atom is -0.497 e. The van der Waals surface area contributed by atoms with Crippen molar-refractivity contribution in [1.82, 2.24) is 9.97 Å². The number of carboxylic acid groups (broad SMARTS) is 1. The Bertz CT molecular complexity index is 616. The smallest absolute Gasteiger partial charge is 0.305 e. The highest BCUT2D eigenvalue weighted by atomic mass is 16.5. The summed E-state index contributed by atoms with van der Waals surface area (Å²) in [4.78, 5) is 18.9. The Morgan fingerprint density at radius 1 is 1.43 bits per heavy atom. The zero-order valence-electron chi connectivity index (χ0n) is 11.5. The highest BCUT2D eigenvalue weighted by molar-refractivity contribution is 5.67. The predicted molar refractivity (Wildman–Crippen MR) is 77.5 cm³/mol. The topological polar surface area (TPSA) is 110 Å². The number of hydrogen-bond donors (Lipinski definition) is 3. The molecule has 0 spiro atoms. The molecule has 7 heteroatoms. The van der Waals surface area contributed by atoms with E-state index in [0.29, 0.717) is 11.5 Å². The fraction of sp³-hybridized carbons (Fsp3) is 0.214. The molecule has 0 unspecified atom stereocenters. The van der Waals surface area contributed by atoms with Gasteiger partial charge in [0.1, 0.15) is 5.75 Å². The summed E-state index contributed by atoms with van der Waals surface area (Å²) in [6.45, 7) is 0. The number of hydrogen-bond acceptors (Lipinski definition) is 6. The summed E-state index contributed by atoms with van der Waals surface area (Å²) in [5.74, 6) is 0.163. The van der Waals surface area contributed by atoms with Crippen molar-refractivity contribution in [1.29, 1.82) is 0 Å². The van der Waals surface area contributed by atoms with E-state index in [4.69, 9.17) is 15.6 Å². The van der Waals surface area contributed by atoms with Crippen LogP contribution in [0.1, 0.15) is 18.0 Å². The summed E-state index contributed by atoms with van der Waals surface area (Å²) in [6.07, 6.45) is 2.87. The molecule has 1 aromatic carbocycles. The first-order valence-electron chi connectivity index (χ1n) is 6.29. The van der Waals surface area contributed by atoms with Gasteiger partial charge in [0.25, 0.3) is 0 Å². The average molecular weight is 288 g/mol. The zero-order valence-corrected chi connectivity index (χ0v) is 11.5. The molecule has 1 heterocycles. The van der Waals surface area contributed by atoms with Gasteiger partial charge in [-0.05, 0) is 12.1 Å². The molecule has 1 atom stereocenters. The molecule has 7 nitrogen and oxygen atoms in total. The molecule has 1 aromatic heterocycles. The second-order valence-electron chi connectivity index (χ2n) is 4.40. The number of carbonyl (C=O) groups is 1. The molecule has 0 radical (unpaired) electrons. The largest absolute Gasteiger partial charge is 0.497 e. The van der Waals surface area contributed by atoms with E-state index in [2.05, 4.69) is 15.3 Å². The molecule has 4 N–H and O–H groups in total. The summed E-state index contributed by atoms with van der Waals surface area (Å²) >= 11 is 0. The standard InChI is InChI=1S/C14H16N4O3/c1-21-11-4-2-3-10(5-11)18-14-16-7-9(8-17-14)12(15)6-13(19)20/h2-5,7-8,12H,6,15H2,1H3,(H,19,20)(H,16,17,18)/t12-/m1/s1. The first kappa shape index (κ1) is 14.7. The summed E-state index contributed by atoms with van der Waals surface area (Å²) in [6, 6.07) is 6.73. The van der Waals surface area contributed by atoms with Crippen LogP contribution in [0.3, 0.4) is 0 Å². The maximum atomic E-state index is 10.6. The number of rotatable bonds is 6. The van der Waals surface area contributed by atoms with Crippen molar-refractivity contribution >= 4 is 17.6 Å². The highest BCUT2D eigenvalue weighted by Crippen LogP contribution is 2.20. The average Bonchev–Trinajstić information content (AvgIpc) is 2.47. The molecule has 21 heavy (non-hydrogen) atoms. The minimum atomic E-state index is -0.957. The lowest BCUT2D eigenvalue weighted by atomic mass is 10.1. The van der Waals surface area contributed by atoms with E-state index in [9.17, 15) is 4.79 Å². The quantitative estimate of drug-likeness (QED) is 0.742. The van der Waals surface area contributed by atoms with Gasteiger partial charge in [0, 0.05) is 35.8 Å². The molecule has 0 aliphatic carbocycles. The monoisotopic (exact) mass is 288 g/mol. The van der Waals surface area contributed by atoms with E-state index < -0.39 is 12.0 Å². The maximum absolute atomic E-state index is 10.6. The van der Waals surface area contributed by atoms with Crippen molar-refractivity contribution < 1.29 is 14.6 Å². The molecular weight excluding hydrogens is 272 g/mol. The molecule has 0 fully saturated rings. The molecule has 0 amide bonds. The maximum Gasteiger partial charge on any atom is 0.305 e. The van der Waals surface area contributed by atoms with Gasteiger partial charge in [0.05, 0.1) is 13.5 Å². The number of ether oxygens (including phenoxy) is 1. The van der Waals surface area contributed by atoms with Crippen LogP contribution < -0.4 is 15.8 Å². The molecule has 110 valence electrons. The van der Waals surface area contributed by atoms with E-state index in [1.807, 2.05) is 24.3 Å². The Morgan fingerprint density at radius 2 is 2.14 bits per heavy atom. The number of nitrogens with one attached hydrogen (secondary N) is 1. The van der Waals surface area contributed by atoms with Gasteiger partial charge >= 0.3 is 5.97 Å². The summed E-state index contributed by atoms with van der Waals surface area (Å²) in [5, 5.41) is 11.7. The molecule has 2 rings (SSSR count). The Hall–Kier alpha value is -2.67. The van der Waals surface area contributed by atoms with Crippen LogP contribution in [-0.4, -0.2) is 28.2 Å². The van der Waals surface area contributed by atoms with Crippen LogP contribution in [0.5, 0.6) is 5.75 Å². The van der Waals surface area contributed by atoms with Crippen molar-refractivity contribution in [2.24, 2.45) is 5.73 Å². The Balaban J connectivity index is 2.06. The van der Waals surface area contributed by atoms with Gasteiger partial charge in [-0.3, -0.25) is 4.79 Å². The Morgan fingerprint density at radius 3 is 2.76 bits per heavy atom. The van der Waals surface area contributed by atoms with Crippen molar-refractivity contribution in [3.8, 4) is 5.75 Å². The van der Waals surface area contributed by atoms with Crippen molar-refractivity contribution in [2.75, 3.05) is 12.4 Å². The van der Waals surface area contributed by atoms with E-state index >= 15 is 0 Å². The van der Waals surface area contributed by atoms with E-state index in [1.165, 1.54) is 12.4 Å². The SMILES string of the molecule is COc1cccc(Nc2ncc([C@H](N)CC(=O)O)cn2)c1. The van der Waals surface area contributed by atoms with Crippen LogP contribution in [-0.2, 0) is 4.79 Å². The molecule has 0 saturated carbocycles. The van der Waals surface area contributed by atoms with Crippen LogP contribution in [0.25, 0.3) is 0 Å². The number of aromatic nitrogens is 2. The number of aliphatic carboxylic acids is 1. The number of benzene rings is 1. The van der Waals surface area contributed by atoms with Crippen LogP contribution in [0.4, 0.5) is 11.6 Å². The van der Waals surface area contributed by atoms with Gasteiger partial charge < -0.3 is 20.9 Å². The van der Waals surface area contributed by atoms with E-state index in [-0.39, 0.29) is 6.42 Å². The zero-order chi connectivity index (χ0) is 15.2. The lowest BCUT2D eigenvalue weighted by Gasteiger charge is -2.10. The summed E-state index contributed by atoms with van der Waals surface area (Å²) in [5.41, 5.74) is 7.10. The predicted octanol–water partition coefficient (Wildman–Crippen LogP) is 1.70. The molecular formula is C14H16N4O3. The number of nitrogens with zero attached hydrogens (tertiary/aromatic N) is 2. The molecule has 0 aliphatic heterocycles. The van der Waals surface area contributed by atoms with Crippen LogP contribution in [0, 0.1) is 0 Å². The highest BCUT2D eigenvalue weighted by Gasteiger charge is 2.11. The lowest BCUT2D eigenvalue weighted by molar-refractivity contribution is -0.137. The molecule has 0 aliphatic rings. The second kappa shape index (κ2) is 6.67. The number of nitrogens with two attached hydrogens (primary N) is 1. The first-order chi connectivity index (χ1) is 10.1. The summed E-state index contributed by atoms with van der Waals surface area (Å²) in [7, 11) is 1.59. The first-order valence-corrected chi connectivity index (χ1v) is 6.29. The van der Waals surface area contributed by atoms with E-state index in [0.717, 1.165) is 11.4 Å². The van der Waals surface area contributed by atoms with Gasteiger partial charge in [-0.15, -0.1) is 0 Å². The molecule has 0 saturated heterocycles. The normalized spacial score (nSPS) is 11.7. The van der Waals surface area contributed by atoms with Gasteiger partial charge in [0.2, 0.25) is 5.95 Å². The van der Waals surface area contributed by atoms with Gasteiger partial charge in [-0.25, -0.2) is 9.97 Å². The van der Waals surface area contributed by atoms with Crippen LogP contribution in [0.15, 0.2) is 36.7 Å². The van der Waals surface area contributed by atoms with E-state index in [1.54, 1.807) is 7.11 Å². The van der Waals surface area contributed by atoms with Crippen LogP contribution in [0.2, 0.25) is 0 Å². The molecule has 2 aromatic rings. The molecule has 0 bridgehead atoms. The Labute approximate surface area is 121 Å². The lowest BCUT2D eigenvalue weighted by Crippen LogP contribution is -2.15. The van der Waals surface area contributed by atoms with Crippen LogP contribution >= 0.6 is 0 Å². The fourth-order valence-corrected chi connectivity index (χ4v) is 1.73. The van der Waals surface area contributed by atoms with Gasteiger partial charge in [-0.2, -0.15) is 0 Å². The number of methoxy groups -OCH3 is 1. The Kier molecular flexibility index (Phi) is 4.68. The van der Waals surface area contributed by atoms with Crippen molar-refractivity contribution in [2.45, 2.75) is 12.5 Å². The number of carboxylic acids is 1. The van der Waals surface area contributed by atoms with Gasteiger partial charge in [-0.1, -0.05) is 6.07 Å². The fourth-order valence-electron chi connectivity index (χ4n) is 1.73. The summed E-state index contributed by atoms with van der Waals surface area (Å²) < 4.78 is 5.13. The number of anilines is 2. The third kappa shape index (κ3) is 4.15. The third-order valence-electron chi connectivity index (χ3n) is 2.82. The van der Waals surface area contributed by atoms with Gasteiger partial charge in [0.15, 0.2) is 0 Å². The minimum absolute atomic E-state index is 0.161. The third-order valence-corrected chi connectivity index (χ3v) is 2.82.